The summed E-state index contributed by atoms with van der Waals surface area (Å²) in [6.45, 7) is 3.15. The number of sulfonamides is 1. The second-order valence-corrected chi connectivity index (χ2v) is 8.10. The first-order valence-electron chi connectivity index (χ1n) is 7.75. The summed E-state index contributed by atoms with van der Waals surface area (Å²) in [6, 6.07) is 5.64. The highest BCUT2D eigenvalue weighted by atomic mass is 35.5. The molecular weight excluding hydrogens is 370 g/mol. The number of hydrogen-bond donors (Lipinski definition) is 2. The van der Waals surface area contributed by atoms with Crippen LogP contribution in [0.5, 0.6) is 0 Å². The lowest BCUT2D eigenvalue weighted by Gasteiger charge is -2.34. The molecule has 10 heteroatoms. The number of halogens is 1. The molecule has 0 radical (unpaired) electrons. The number of nitrogens with one attached hydrogen (secondary N) is 2. The lowest BCUT2D eigenvalue weighted by molar-refractivity contribution is -0.917. The highest BCUT2D eigenvalue weighted by Crippen LogP contribution is 2.19. The van der Waals surface area contributed by atoms with Crippen LogP contribution >= 0.6 is 11.6 Å². The van der Waals surface area contributed by atoms with Crippen molar-refractivity contribution in [2.45, 2.75) is 17.9 Å². The van der Waals surface area contributed by atoms with Crippen LogP contribution in [-0.4, -0.2) is 64.1 Å². The van der Waals surface area contributed by atoms with E-state index in [1.54, 1.807) is 19.1 Å². The van der Waals surface area contributed by atoms with Crippen LogP contribution in [0.15, 0.2) is 29.2 Å². The van der Waals surface area contributed by atoms with E-state index in [0.29, 0.717) is 18.1 Å². The van der Waals surface area contributed by atoms with Crippen LogP contribution in [0.3, 0.4) is 0 Å². The number of quaternary nitrogens is 1. The average molecular weight is 391 g/mol. The molecule has 1 saturated heterocycles. The molecule has 1 aliphatic heterocycles. The molecule has 2 amide bonds. The molecule has 1 aromatic carbocycles. The molecule has 1 heterocycles. The number of carbonyl (C=O) groups excluding carboxylic acids is 2. The zero-order chi connectivity index (χ0) is 18.6. The van der Waals surface area contributed by atoms with E-state index in [9.17, 15) is 18.0 Å². The molecule has 0 bridgehead atoms. The standard InChI is InChI=1S/C15H20ClN3O5S/c1-11(14(20)17-15(21)24-2)18-6-8-19(9-7-18)25(22,23)13-5-3-4-12(16)10-13/h3-5,10-11H,6-9H2,1-2H3,(H,17,20,21)/p+1/t11-/m1/s1. The van der Waals surface area contributed by atoms with Crippen LogP contribution in [0.25, 0.3) is 0 Å². The first kappa shape index (κ1) is 19.6. The molecule has 0 spiro atoms. The van der Waals surface area contributed by atoms with E-state index >= 15 is 0 Å². The van der Waals surface area contributed by atoms with Crippen molar-refractivity contribution in [1.29, 1.82) is 0 Å². The Hall–Kier alpha value is -1.68. The fourth-order valence-electron chi connectivity index (χ4n) is 2.67. The fourth-order valence-corrected chi connectivity index (χ4v) is 4.41. The van der Waals surface area contributed by atoms with Crippen LogP contribution in [-0.2, 0) is 19.6 Å². The summed E-state index contributed by atoms with van der Waals surface area (Å²) in [4.78, 5) is 24.1. The van der Waals surface area contributed by atoms with Crippen molar-refractivity contribution in [1.82, 2.24) is 9.62 Å². The average Bonchev–Trinajstić information content (AvgIpc) is 2.61. The van der Waals surface area contributed by atoms with Crippen LogP contribution in [0.4, 0.5) is 4.79 Å². The maximum Gasteiger partial charge on any atom is 0.413 e. The highest BCUT2D eigenvalue weighted by molar-refractivity contribution is 7.89. The largest absolute Gasteiger partial charge is 0.453 e. The van der Waals surface area contributed by atoms with Gasteiger partial charge < -0.3 is 9.64 Å². The van der Waals surface area contributed by atoms with Crippen molar-refractivity contribution < 1.29 is 27.6 Å². The van der Waals surface area contributed by atoms with Gasteiger partial charge >= 0.3 is 6.09 Å². The molecule has 138 valence electrons. The lowest BCUT2D eigenvalue weighted by atomic mass is 10.2. The van der Waals surface area contributed by atoms with Gasteiger partial charge in [0.15, 0.2) is 6.04 Å². The van der Waals surface area contributed by atoms with Crippen LogP contribution in [0, 0.1) is 0 Å². The first-order chi connectivity index (χ1) is 11.8. The number of piperazine rings is 1. The molecular formula is C15H21ClN3O5S+. The number of imide groups is 1. The number of rotatable bonds is 4. The van der Waals surface area contributed by atoms with Crippen molar-refractivity contribution in [3.8, 4) is 0 Å². The molecule has 2 N–H and O–H groups in total. The minimum Gasteiger partial charge on any atom is -0.453 e. The van der Waals surface area contributed by atoms with E-state index in [1.807, 2.05) is 0 Å². The monoisotopic (exact) mass is 390 g/mol. The quantitative estimate of drug-likeness (QED) is 0.722. The molecule has 0 aliphatic carbocycles. The Morgan fingerprint density at radius 3 is 2.52 bits per heavy atom. The lowest BCUT2D eigenvalue weighted by Crippen LogP contribution is -3.19. The first-order valence-corrected chi connectivity index (χ1v) is 9.56. The molecule has 0 aromatic heterocycles. The third-order valence-corrected chi connectivity index (χ3v) is 6.34. The summed E-state index contributed by atoms with van der Waals surface area (Å²) < 4.78 is 31.1. The Morgan fingerprint density at radius 2 is 1.96 bits per heavy atom. The Balaban J connectivity index is 1.99. The molecule has 2 rings (SSSR count). The smallest absolute Gasteiger partial charge is 0.413 e. The van der Waals surface area contributed by atoms with E-state index in [2.05, 4.69) is 10.1 Å². The van der Waals surface area contributed by atoms with Gasteiger partial charge in [0.2, 0.25) is 10.0 Å². The van der Waals surface area contributed by atoms with Gasteiger partial charge in [-0.3, -0.25) is 10.1 Å². The van der Waals surface area contributed by atoms with Gasteiger partial charge in [-0.1, -0.05) is 17.7 Å². The molecule has 1 fully saturated rings. The maximum absolute atomic E-state index is 12.7. The Kier molecular flexibility index (Phi) is 6.39. The SMILES string of the molecule is COC(=O)NC(=O)[C@@H](C)[NH+]1CCN(S(=O)(=O)c2cccc(Cl)c2)CC1. The predicted molar refractivity (Wildman–Crippen MR) is 90.9 cm³/mol. The van der Waals surface area contributed by atoms with Gasteiger partial charge in [0.25, 0.3) is 5.91 Å². The Labute approximate surface area is 151 Å². The zero-order valence-electron chi connectivity index (χ0n) is 14.0. The molecule has 0 saturated carbocycles. The minimum atomic E-state index is -3.62. The van der Waals surface area contributed by atoms with Crippen molar-refractivity contribution in [3.05, 3.63) is 29.3 Å². The van der Waals surface area contributed by atoms with E-state index in [1.165, 1.54) is 23.5 Å². The number of ether oxygens (including phenoxy) is 1. The van der Waals surface area contributed by atoms with Crippen molar-refractivity contribution in [2.24, 2.45) is 0 Å². The number of carbonyl (C=O) groups is 2. The summed E-state index contributed by atoms with van der Waals surface area (Å²) in [5.74, 6) is -0.451. The normalized spacial score (nSPS) is 17.7. The molecule has 1 atom stereocenters. The number of methoxy groups -OCH3 is 1. The second-order valence-electron chi connectivity index (χ2n) is 5.72. The van der Waals surface area contributed by atoms with Crippen LogP contribution in [0.1, 0.15) is 6.92 Å². The van der Waals surface area contributed by atoms with Gasteiger partial charge in [-0.15, -0.1) is 0 Å². The van der Waals surface area contributed by atoms with Gasteiger partial charge in [-0.25, -0.2) is 13.2 Å². The maximum atomic E-state index is 12.7. The third kappa shape index (κ3) is 4.69. The summed E-state index contributed by atoms with van der Waals surface area (Å²) in [5, 5.41) is 2.49. The number of nitrogens with zero attached hydrogens (tertiary/aromatic N) is 1. The van der Waals surface area contributed by atoms with Crippen molar-refractivity contribution in [2.75, 3.05) is 33.3 Å². The summed E-state index contributed by atoms with van der Waals surface area (Å²) >= 11 is 5.87. The predicted octanol–water partition coefficient (Wildman–Crippen LogP) is -0.500. The second kappa shape index (κ2) is 8.13. The fraction of sp³-hybridized carbons (Fsp3) is 0.467. The molecule has 25 heavy (non-hydrogen) atoms. The van der Waals surface area contributed by atoms with Crippen molar-refractivity contribution >= 4 is 33.6 Å². The number of benzene rings is 1. The van der Waals surface area contributed by atoms with E-state index < -0.39 is 28.1 Å². The topological polar surface area (TPSA) is 97.2 Å². The number of alkyl carbamates (subject to hydrolysis) is 1. The summed E-state index contributed by atoms with van der Waals surface area (Å²) in [7, 11) is -2.44. The van der Waals surface area contributed by atoms with E-state index in [0.717, 1.165) is 4.90 Å². The van der Waals surface area contributed by atoms with Crippen LogP contribution in [0.2, 0.25) is 5.02 Å². The third-order valence-electron chi connectivity index (χ3n) is 4.21. The van der Waals surface area contributed by atoms with E-state index in [4.69, 9.17) is 11.6 Å². The number of hydrogen-bond acceptors (Lipinski definition) is 5. The van der Waals surface area contributed by atoms with Gasteiger partial charge in [-0.05, 0) is 25.1 Å². The van der Waals surface area contributed by atoms with Gasteiger partial charge in [0.05, 0.1) is 38.2 Å². The Morgan fingerprint density at radius 1 is 1.32 bits per heavy atom. The zero-order valence-corrected chi connectivity index (χ0v) is 15.6. The number of amides is 2. The molecule has 1 aromatic rings. The summed E-state index contributed by atoms with van der Waals surface area (Å²) in [5.41, 5.74) is 0. The summed E-state index contributed by atoms with van der Waals surface area (Å²) in [6.07, 6.45) is -0.807. The highest BCUT2D eigenvalue weighted by Gasteiger charge is 2.34. The van der Waals surface area contributed by atoms with Gasteiger partial charge in [-0.2, -0.15) is 4.31 Å². The molecule has 8 nitrogen and oxygen atoms in total. The van der Waals surface area contributed by atoms with Gasteiger partial charge in [0, 0.05) is 5.02 Å². The molecule has 0 unspecified atom stereocenters. The Bertz CT molecular complexity index is 747. The van der Waals surface area contributed by atoms with E-state index in [-0.39, 0.29) is 18.0 Å². The molecule has 1 aliphatic rings. The van der Waals surface area contributed by atoms with Crippen molar-refractivity contribution in [3.63, 3.8) is 0 Å². The minimum absolute atomic E-state index is 0.153. The van der Waals surface area contributed by atoms with Gasteiger partial charge in [0.1, 0.15) is 0 Å². The van der Waals surface area contributed by atoms with Crippen LogP contribution < -0.4 is 10.2 Å².